The molecule has 0 spiro atoms. The Kier molecular flexibility index (Phi) is 4.64. The van der Waals surface area contributed by atoms with Crippen LogP contribution in [-0.4, -0.2) is 27.9 Å². The van der Waals surface area contributed by atoms with Crippen LogP contribution in [0.4, 0.5) is 0 Å². The summed E-state index contributed by atoms with van der Waals surface area (Å²) < 4.78 is 0. The predicted molar refractivity (Wildman–Crippen MR) is 53.6 cm³/mol. The molecular weight excluding hydrogens is 188 g/mol. The fourth-order valence-corrected chi connectivity index (χ4v) is 1.46. The molecule has 0 amide bonds. The molecule has 0 aliphatic heterocycles. The third-order valence-electron chi connectivity index (χ3n) is 2.12. The monoisotopic (exact) mass is 204 g/mol. The van der Waals surface area contributed by atoms with E-state index in [9.17, 15) is 14.7 Å². The summed E-state index contributed by atoms with van der Waals surface area (Å²) in [4.78, 5) is 22.7. The van der Waals surface area contributed by atoms with E-state index in [2.05, 4.69) is 0 Å². The lowest BCUT2D eigenvalue weighted by Gasteiger charge is -2.21. The Balaban J connectivity index is 4.63. The quantitative estimate of drug-likeness (QED) is 0.700. The van der Waals surface area contributed by atoms with Gasteiger partial charge in [0.05, 0.1) is 0 Å². The Morgan fingerprint density at radius 1 is 1.54 bits per heavy atom. The molecular formula is C9H16O3S. The molecule has 0 aromatic carbocycles. The van der Waals surface area contributed by atoms with E-state index >= 15 is 0 Å². The van der Waals surface area contributed by atoms with E-state index in [1.807, 2.05) is 6.92 Å². The van der Waals surface area contributed by atoms with Crippen molar-refractivity contribution in [1.29, 1.82) is 0 Å². The molecule has 0 rings (SSSR count). The zero-order valence-corrected chi connectivity index (χ0v) is 9.27. The van der Waals surface area contributed by atoms with Crippen molar-refractivity contribution in [3.05, 3.63) is 0 Å². The minimum absolute atomic E-state index is 0.272. The van der Waals surface area contributed by atoms with Gasteiger partial charge in [0.15, 0.2) is 11.4 Å². The number of hydrogen-bond acceptors (Lipinski definition) is 4. The summed E-state index contributed by atoms with van der Waals surface area (Å²) in [6.45, 7) is 4.83. The maximum atomic E-state index is 11.5. The Morgan fingerprint density at radius 2 is 2.00 bits per heavy atom. The van der Waals surface area contributed by atoms with Gasteiger partial charge in [-0.15, -0.1) is 0 Å². The molecule has 4 heteroatoms. The first-order valence-corrected chi connectivity index (χ1v) is 5.45. The van der Waals surface area contributed by atoms with Gasteiger partial charge < -0.3 is 5.11 Å². The van der Waals surface area contributed by atoms with Crippen molar-refractivity contribution < 1.29 is 14.7 Å². The predicted octanol–water partition coefficient (Wildman–Crippen LogP) is 1.24. The van der Waals surface area contributed by atoms with E-state index in [0.717, 1.165) is 11.8 Å². The molecule has 0 aromatic heterocycles. The lowest BCUT2D eigenvalue weighted by molar-refractivity contribution is -0.146. The van der Waals surface area contributed by atoms with Crippen molar-refractivity contribution >= 4 is 22.7 Å². The van der Waals surface area contributed by atoms with Crippen molar-refractivity contribution in [3.63, 3.8) is 0 Å². The summed E-state index contributed by atoms with van der Waals surface area (Å²) in [5.41, 5.74) is -1.82. The third-order valence-corrected chi connectivity index (χ3v) is 2.89. The minimum Gasteiger partial charge on any atom is -0.374 e. The van der Waals surface area contributed by atoms with Gasteiger partial charge in [-0.1, -0.05) is 25.6 Å². The number of aliphatic hydroxyl groups is 1. The van der Waals surface area contributed by atoms with Crippen LogP contribution in [0.5, 0.6) is 0 Å². The van der Waals surface area contributed by atoms with Crippen LogP contribution in [0.1, 0.15) is 27.2 Å². The molecule has 0 fully saturated rings. The molecule has 0 aliphatic rings. The SMILES string of the molecule is CCC(C)C(=O)C(C)(O)C(=O)SC. The Bertz CT molecular complexity index is 211. The number of thioether (sulfide) groups is 1. The van der Waals surface area contributed by atoms with E-state index in [1.54, 1.807) is 13.2 Å². The van der Waals surface area contributed by atoms with Crippen molar-refractivity contribution in [2.24, 2.45) is 5.92 Å². The Hall–Kier alpha value is -0.350. The summed E-state index contributed by atoms with van der Waals surface area (Å²) in [6, 6.07) is 0. The third kappa shape index (κ3) is 2.81. The van der Waals surface area contributed by atoms with Crippen LogP contribution >= 0.6 is 11.8 Å². The largest absolute Gasteiger partial charge is 0.374 e. The molecule has 0 saturated heterocycles. The van der Waals surface area contributed by atoms with E-state index in [-0.39, 0.29) is 5.92 Å². The molecule has 0 aromatic rings. The molecule has 1 N–H and O–H groups in total. The van der Waals surface area contributed by atoms with Gasteiger partial charge in [0.25, 0.3) is 0 Å². The Morgan fingerprint density at radius 3 is 2.31 bits per heavy atom. The number of Topliss-reactive ketones (excluding diaryl/α,β-unsaturated/α-hetero) is 1. The molecule has 0 radical (unpaired) electrons. The maximum Gasteiger partial charge on any atom is 0.227 e. The number of ketones is 1. The van der Waals surface area contributed by atoms with Gasteiger partial charge in [-0.3, -0.25) is 9.59 Å². The molecule has 76 valence electrons. The highest BCUT2D eigenvalue weighted by molar-refractivity contribution is 8.13. The molecule has 0 bridgehead atoms. The van der Waals surface area contributed by atoms with Crippen molar-refractivity contribution in [3.8, 4) is 0 Å². The smallest absolute Gasteiger partial charge is 0.227 e. The highest BCUT2D eigenvalue weighted by atomic mass is 32.2. The molecule has 2 atom stereocenters. The van der Waals surface area contributed by atoms with Crippen LogP contribution in [0.2, 0.25) is 0 Å². The standard InChI is InChI=1S/C9H16O3S/c1-5-6(2)7(10)9(3,12)8(11)13-4/h6,12H,5H2,1-4H3. The summed E-state index contributed by atoms with van der Waals surface area (Å²) in [6.07, 6.45) is 2.19. The van der Waals surface area contributed by atoms with Gasteiger partial charge in [-0.2, -0.15) is 0 Å². The van der Waals surface area contributed by atoms with Crippen molar-refractivity contribution in [2.45, 2.75) is 32.8 Å². The first-order valence-electron chi connectivity index (χ1n) is 4.23. The minimum atomic E-state index is -1.82. The summed E-state index contributed by atoms with van der Waals surface area (Å²) in [5.74, 6) is -0.666. The topological polar surface area (TPSA) is 54.4 Å². The van der Waals surface area contributed by atoms with Gasteiger partial charge in [-0.25, -0.2) is 0 Å². The van der Waals surface area contributed by atoms with Gasteiger partial charge >= 0.3 is 0 Å². The first kappa shape index (κ1) is 12.7. The van der Waals surface area contributed by atoms with Crippen molar-refractivity contribution in [1.82, 2.24) is 0 Å². The average molecular weight is 204 g/mol. The molecule has 13 heavy (non-hydrogen) atoms. The summed E-state index contributed by atoms with van der Waals surface area (Å²) in [5, 5.41) is 9.14. The zero-order chi connectivity index (χ0) is 10.6. The van der Waals surface area contributed by atoms with Crippen LogP contribution in [0.25, 0.3) is 0 Å². The number of carbonyl (C=O) groups excluding carboxylic acids is 2. The number of rotatable bonds is 4. The molecule has 3 nitrogen and oxygen atoms in total. The van der Waals surface area contributed by atoms with Crippen LogP contribution < -0.4 is 0 Å². The van der Waals surface area contributed by atoms with Crippen LogP contribution in [-0.2, 0) is 9.59 Å². The molecule has 0 aliphatic carbocycles. The van der Waals surface area contributed by atoms with Crippen LogP contribution in [0.15, 0.2) is 0 Å². The van der Waals surface area contributed by atoms with E-state index in [1.165, 1.54) is 6.92 Å². The lowest BCUT2D eigenvalue weighted by atomic mass is 9.91. The van der Waals surface area contributed by atoms with Crippen molar-refractivity contribution in [2.75, 3.05) is 6.26 Å². The molecule has 0 saturated carbocycles. The maximum absolute atomic E-state index is 11.5. The summed E-state index contributed by atoms with van der Waals surface area (Å²) in [7, 11) is 0. The zero-order valence-electron chi connectivity index (χ0n) is 8.46. The lowest BCUT2D eigenvalue weighted by Crippen LogP contribution is -2.44. The van der Waals surface area contributed by atoms with E-state index < -0.39 is 16.5 Å². The first-order chi connectivity index (χ1) is 5.87. The van der Waals surface area contributed by atoms with Crippen LogP contribution in [0.3, 0.4) is 0 Å². The molecule has 0 heterocycles. The second kappa shape index (κ2) is 4.77. The van der Waals surface area contributed by atoms with Crippen LogP contribution in [0, 0.1) is 5.92 Å². The van der Waals surface area contributed by atoms with E-state index in [4.69, 9.17) is 0 Å². The average Bonchev–Trinajstić information content (AvgIpc) is 2.13. The van der Waals surface area contributed by atoms with E-state index in [0.29, 0.717) is 6.42 Å². The van der Waals surface area contributed by atoms with Gasteiger partial charge in [0.1, 0.15) is 0 Å². The Labute approximate surface area is 82.9 Å². The second-order valence-corrected chi connectivity index (χ2v) is 4.02. The highest BCUT2D eigenvalue weighted by Gasteiger charge is 2.39. The second-order valence-electron chi connectivity index (χ2n) is 3.24. The number of carbonyl (C=O) groups is 2. The molecule has 2 unspecified atom stereocenters. The van der Waals surface area contributed by atoms with Gasteiger partial charge in [0, 0.05) is 5.92 Å². The fourth-order valence-electron chi connectivity index (χ4n) is 0.965. The number of hydrogen-bond donors (Lipinski definition) is 1. The van der Waals surface area contributed by atoms with Gasteiger partial charge in [-0.05, 0) is 19.6 Å². The summed E-state index contributed by atoms with van der Waals surface area (Å²) >= 11 is 0.878. The fraction of sp³-hybridized carbons (Fsp3) is 0.778. The van der Waals surface area contributed by atoms with Gasteiger partial charge in [0.2, 0.25) is 5.12 Å². The highest BCUT2D eigenvalue weighted by Crippen LogP contribution is 2.20. The normalized spacial score (nSPS) is 17.6.